The van der Waals surface area contributed by atoms with Crippen molar-refractivity contribution in [1.82, 2.24) is 10.6 Å². The molecule has 0 heterocycles. The number of nitrogens with one attached hydrogen (secondary N) is 3. The lowest BCUT2D eigenvalue weighted by Crippen LogP contribution is -2.35. The molecule has 0 aliphatic heterocycles. The van der Waals surface area contributed by atoms with E-state index in [1.54, 1.807) is 24.3 Å². The Morgan fingerprint density at radius 2 is 1.52 bits per heavy atom. The fourth-order valence-electron chi connectivity index (χ4n) is 3.50. The molecule has 1 aromatic carbocycles. The Morgan fingerprint density at radius 3 is 2.19 bits per heavy atom. The molecule has 0 saturated heterocycles. The van der Waals surface area contributed by atoms with Gasteiger partial charge in [0.25, 0.3) is 5.91 Å². The first-order chi connectivity index (χ1) is 13.1. The van der Waals surface area contributed by atoms with E-state index in [4.69, 9.17) is 0 Å². The Kier molecular flexibility index (Phi) is 6.85. The quantitative estimate of drug-likeness (QED) is 0.614. The molecular weight excluding hydrogens is 342 g/mol. The van der Waals surface area contributed by atoms with Crippen LogP contribution < -0.4 is 16.0 Å². The zero-order valence-electron chi connectivity index (χ0n) is 15.8. The normalized spacial score (nSPS) is 17.2. The summed E-state index contributed by atoms with van der Waals surface area (Å²) >= 11 is 0. The predicted octanol–water partition coefficient (Wildman–Crippen LogP) is 2.85. The maximum atomic E-state index is 12.1. The number of benzene rings is 1. The summed E-state index contributed by atoms with van der Waals surface area (Å²) in [6.07, 6.45) is 8.59. The van der Waals surface area contributed by atoms with Crippen LogP contribution in [0.1, 0.15) is 61.7 Å². The fourth-order valence-corrected chi connectivity index (χ4v) is 3.50. The predicted molar refractivity (Wildman–Crippen MR) is 104 cm³/mol. The van der Waals surface area contributed by atoms with Gasteiger partial charge < -0.3 is 16.0 Å². The molecule has 0 spiro atoms. The molecule has 2 aliphatic carbocycles. The second kappa shape index (κ2) is 9.53. The average Bonchev–Trinajstić information content (AvgIpc) is 3.52. The van der Waals surface area contributed by atoms with Crippen LogP contribution in [-0.4, -0.2) is 30.8 Å². The van der Waals surface area contributed by atoms with Crippen LogP contribution in [0.25, 0.3) is 0 Å². The van der Waals surface area contributed by atoms with Crippen LogP contribution in [0, 0.1) is 11.8 Å². The van der Waals surface area contributed by atoms with Gasteiger partial charge in [0.1, 0.15) is 0 Å². The van der Waals surface area contributed by atoms with Crippen molar-refractivity contribution in [2.75, 3.05) is 18.4 Å². The smallest absolute Gasteiger partial charge is 0.251 e. The number of carbonyl (C=O) groups is 3. The van der Waals surface area contributed by atoms with Gasteiger partial charge in [-0.2, -0.15) is 0 Å². The lowest BCUT2D eigenvalue weighted by Gasteiger charge is -2.20. The third-order valence-electron chi connectivity index (χ3n) is 5.29. The van der Waals surface area contributed by atoms with Gasteiger partial charge in [0.15, 0.2) is 0 Å². The summed E-state index contributed by atoms with van der Waals surface area (Å²) in [4.78, 5) is 35.8. The monoisotopic (exact) mass is 371 g/mol. The van der Waals surface area contributed by atoms with Gasteiger partial charge in [0, 0.05) is 36.7 Å². The molecule has 0 bridgehead atoms. The van der Waals surface area contributed by atoms with Gasteiger partial charge in [-0.3, -0.25) is 14.4 Å². The molecule has 0 unspecified atom stereocenters. The van der Waals surface area contributed by atoms with Crippen molar-refractivity contribution in [2.45, 2.75) is 51.4 Å². The van der Waals surface area contributed by atoms with E-state index in [1.807, 2.05) is 0 Å². The Hall–Kier alpha value is -2.37. The van der Waals surface area contributed by atoms with Crippen LogP contribution in [0.15, 0.2) is 24.3 Å². The fraction of sp³-hybridized carbons (Fsp3) is 0.571. The Balaban J connectivity index is 1.32. The molecular formula is C21H29N3O3. The third-order valence-corrected chi connectivity index (χ3v) is 5.29. The molecule has 0 atom stereocenters. The topological polar surface area (TPSA) is 87.3 Å². The van der Waals surface area contributed by atoms with Crippen LogP contribution >= 0.6 is 0 Å². The lowest BCUT2D eigenvalue weighted by atomic mass is 9.87. The second-order valence-electron chi connectivity index (χ2n) is 7.65. The zero-order chi connectivity index (χ0) is 19.1. The van der Waals surface area contributed by atoms with E-state index in [2.05, 4.69) is 16.0 Å². The highest BCUT2D eigenvalue weighted by molar-refractivity contribution is 5.96. The second-order valence-corrected chi connectivity index (χ2v) is 7.65. The van der Waals surface area contributed by atoms with E-state index >= 15 is 0 Å². The largest absolute Gasteiger partial charge is 0.354 e. The SMILES string of the molecule is O=C(CC1CCCCC1)NCCNC(=O)c1ccc(NC(=O)C2CC2)cc1. The molecule has 2 aliphatic rings. The van der Waals surface area contributed by atoms with Gasteiger partial charge in [-0.1, -0.05) is 19.3 Å². The van der Waals surface area contributed by atoms with E-state index in [0.29, 0.717) is 36.7 Å². The van der Waals surface area contributed by atoms with Gasteiger partial charge in [0.2, 0.25) is 11.8 Å². The van der Waals surface area contributed by atoms with Crippen molar-refractivity contribution in [3.8, 4) is 0 Å². The zero-order valence-corrected chi connectivity index (χ0v) is 15.8. The molecule has 6 heteroatoms. The van der Waals surface area contributed by atoms with Gasteiger partial charge in [-0.15, -0.1) is 0 Å². The molecule has 3 amide bonds. The van der Waals surface area contributed by atoms with Gasteiger partial charge in [-0.05, 0) is 55.9 Å². The van der Waals surface area contributed by atoms with Crippen LogP contribution in [-0.2, 0) is 9.59 Å². The van der Waals surface area contributed by atoms with Crippen LogP contribution in [0.5, 0.6) is 0 Å². The molecule has 3 N–H and O–H groups in total. The number of carbonyl (C=O) groups excluding carboxylic acids is 3. The minimum Gasteiger partial charge on any atom is -0.354 e. The highest BCUT2D eigenvalue weighted by atomic mass is 16.2. The van der Waals surface area contributed by atoms with Gasteiger partial charge >= 0.3 is 0 Å². The Morgan fingerprint density at radius 1 is 0.852 bits per heavy atom. The molecule has 146 valence electrons. The van der Waals surface area contributed by atoms with Crippen LogP contribution in [0.3, 0.4) is 0 Å². The molecule has 3 rings (SSSR count). The highest BCUT2D eigenvalue weighted by Crippen LogP contribution is 2.30. The number of rotatable bonds is 8. The summed E-state index contributed by atoms with van der Waals surface area (Å²) in [6.45, 7) is 0.836. The average molecular weight is 371 g/mol. The Labute approximate surface area is 160 Å². The Bertz CT molecular complexity index is 662. The molecule has 0 aromatic heterocycles. The van der Waals surface area contributed by atoms with Crippen molar-refractivity contribution in [1.29, 1.82) is 0 Å². The van der Waals surface area contributed by atoms with Crippen LogP contribution in [0.2, 0.25) is 0 Å². The maximum Gasteiger partial charge on any atom is 0.251 e. The molecule has 0 radical (unpaired) electrons. The number of hydrogen-bond acceptors (Lipinski definition) is 3. The van der Waals surface area contributed by atoms with Crippen molar-refractivity contribution in [2.24, 2.45) is 11.8 Å². The molecule has 2 saturated carbocycles. The third kappa shape index (κ3) is 6.38. The van der Waals surface area contributed by atoms with Crippen molar-refractivity contribution < 1.29 is 14.4 Å². The van der Waals surface area contributed by atoms with E-state index in [0.717, 1.165) is 25.7 Å². The molecule has 6 nitrogen and oxygen atoms in total. The maximum absolute atomic E-state index is 12.1. The standard InChI is InChI=1S/C21H29N3O3/c25-19(14-15-4-2-1-3-5-15)22-12-13-23-20(26)16-8-10-18(11-9-16)24-21(27)17-6-7-17/h8-11,15,17H,1-7,12-14H2,(H,22,25)(H,23,26)(H,24,27). The van der Waals surface area contributed by atoms with Crippen molar-refractivity contribution in [3.05, 3.63) is 29.8 Å². The lowest BCUT2D eigenvalue weighted by molar-refractivity contribution is -0.122. The molecule has 27 heavy (non-hydrogen) atoms. The number of hydrogen-bond donors (Lipinski definition) is 3. The van der Waals surface area contributed by atoms with E-state index < -0.39 is 0 Å². The van der Waals surface area contributed by atoms with E-state index in [9.17, 15) is 14.4 Å². The minimum atomic E-state index is -0.184. The van der Waals surface area contributed by atoms with Crippen molar-refractivity contribution in [3.63, 3.8) is 0 Å². The summed E-state index contributed by atoms with van der Waals surface area (Å²) in [5.41, 5.74) is 1.24. The summed E-state index contributed by atoms with van der Waals surface area (Å²) in [7, 11) is 0. The molecule has 1 aromatic rings. The summed E-state index contributed by atoms with van der Waals surface area (Å²) in [6, 6.07) is 6.86. The minimum absolute atomic E-state index is 0.0520. The number of anilines is 1. The highest BCUT2D eigenvalue weighted by Gasteiger charge is 2.29. The van der Waals surface area contributed by atoms with Crippen LogP contribution in [0.4, 0.5) is 5.69 Å². The first-order valence-corrected chi connectivity index (χ1v) is 10.1. The van der Waals surface area contributed by atoms with E-state index in [1.165, 1.54) is 19.3 Å². The summed E-state index contributed by atoms with van der Waals surface area (Å²) in [5, 5.41) is 8.54. The molecule has 2 fully saturated rings. The van der Waals surface area contributed by atoms with Crippen molar-refractivity contribution >= 4 is 23.4 Å². The van der Waals surface area contributed by atoms with Gasteiger partial charge in [0.05, 0.1) is 0 Å². The first kappa shape index (κ1) is 19.4. The summed E-state index contributed by atoms with van der Waals surface area (Å²) < 4.78 is 0. The summed E-state index contributed by atoms with van der Waals surface area (Å²) in [5.74, 6) is 0.619. The van der Waals surface area contributed by atoms with Gasteiger partial charge in [-0.25, -0.2) is 0 Å². The number of amides is 3. The first-order valence-electron chi connectivity index (χ1n) is 10.1. The van der Waals surface area contributed by atoms with E-state index in [-0.39, 0.29) is 23.6 Å².